The zero-order valence-electron chi connectivity index (χ0n) is 27.6. The van der Waals surface area contributed by atoms with E-state index in [0.717, 1.165) is 36.4 Å². The Balaban J connectivity index is 0.00000520. The van der Waals surface area contributed by atoms with Crippen LogP contribution < -0.4 is 39.6 Å². The molecule has 0 bridgehead atoms. The van der Waals surface area contributed by atoms with Crippen LogP contribution in [0.15, 0.2) is 30.6 Å². The molecule has 0 radical (unpaired) electrons. The van der Waals surface area contributed by atoms with Gasteiger partial charge in [-0.25, -0.2) is 19.8 Å². The second-order valence-electron chi connectivity index (χ2n) is 12.5. The molecule has 2 aromatic heterocycles. The van der Waals surface area contributed by atoms with Crippen LogP contribution in [0.25, 0.3) is 16.1 Å². The number of thiazole rings is 1. The Kier molecular flexibility index (Phi) is 12.8. The van der Waals surface area contributed by atoms with Gasteiger partial charge in [0.2, 0.25) is 0 Å². The van der Waals surface area contributed by atoms with Crippen molar-refractivity contribution in [1.82, 2.24) is 24.8 Å². The molecule has 5 rings (SSSR count). The summed E-state index contributed by atoms with van der Waals surface area (Å²) < 4.78 is 41.3. The Labute approximate surface area is 304 Å². The fraction of sp³-hybridized carbons (Fsp3) is 0.515. The van der Waals surface area contributed by atoms with Gasteiger partial charge in [0.25, 0.3) is 0 Å². The molecule has 48 heavy (non-hydrogen) atoms. The molecule has 15 heteroatoms. The molecule has 0 amide bonds. The third kappa shape index (κ3) is 9.19. The van der Waals surface area contributed by atoms with E-state index >= 15 is 0 Å². The molecule has 2 atom stereocenters. The molecule has 2 aliphatic heterocycles. The number of alkyl halides is 3. The summed E-state index contributed by atoms with van der Waals surface area (Å²) in [6, 6.07) is 3.71. The second-order valence-corrected chi connectivity index (χ2v) is 13.7. The molecule has 0 N–H and O–H groups in total. The average Bonchev–Trinajstić information content (AvgIpc) is 3.67. The minimum absolute atomic E-state index is 0. The number of carboxylic acid groups (broad SMARTS) is 1. The first kappa shape index (κ1) is 37.9. The standard InChI is InChI=1S/C33H38F3N7O3S.Na/c1-20(2)26-6-5-8-42(26)19-28-32(22-12-23(33(34,35)36)14-24(13-22)37-4)40-30(47-28)15-27(44)25-16-39-29(17-38-25)43-11-10-41(21(3)18-43)9-7-31(45)46;/h12-14,16-17,20-21,26H,5-11,15,18-19H2,1-3H3,(H,45,46);/q;+1/p-1/t21-,26-;/m0./s1. The van der Waals surface area contributed by atoms with Crippen LogP contribution in [0.1, 0.15) is 66.0 Å². The molecule has 250 valence electrons. The van der Waals surface area contributed by atoms with Crippen LogP contribution in [-0.2, 0) is 23.9 Å². The van der Waals surface area contributed by atoms with Gasteiger partial charge in [-0.05, 0) is 62.4 Å². The number of piperazine rings is 1. The summed E-state index contributed by atoms with van der Waals surface area (Å²) in [6.45, 7) is 17.4. The van der Waals surface area contributed by atoms with Gasteiger partial charge >= 0.3 is 35.7 Å². The SMILES string of the molecule is [C-]#[N+]c1cc(-c2nc(CC(=O)c3cnc(N4CCN(CCC(=O)[O-])[C@@H](C)C4)cn3)sc2CN2CCC[C@H]2C(C)C)cc(C(F)(F)F)c1.[Na+]. The molecule has 2 fully saturated rings. The molecule has 2 saturated heterocycles. The van der Waals surface area contributed by atoms with Gasteiger partial charge in [0.05, 0.1) is 31.1 Å². The van der Waals surface area contributed by atoms with E-state index in [1.165, 1.54) is 23.6 Å². The number of carbonyl (C=O) groups is 2. The van der Waals surface area contributed by atoms with E-state index < -0.39 is 17.7 Å². The van der Waals surface area contributed by atoms with E-state index in [1.807, 2.05) is 11.8 Å². The van der Waals surface area contributed by atoms with Gasteiger partial charge in [-0.2, -0.15) is 13.2 Å². The van der Waals surface area contributed by atoms with E-state index in [-0.39, 0.29) is 71.2 Å². The summed E-state index contributed by atoms with van der Waals surface area (Å²) in [5, 5.41) is 11.3. The fourth-order valence-electron chi connectivity index (χ4n) is 6.40. The van der Waals surface area contributed by atoms with E-state index in [1.54, 1.807) is 6.20 Å². The Hall–Kier alpha value is -2.93. The number of aromatic nitrogens is 3. The number of carbonyl (C=O) groups excluding carboxylic acids is 2. The van der Waals surface area contributed by atoms with Gasteiger partial charge in [0.1, 0.15) is 16.5 Å². The number of hydrogen-bond donors (Lipinski definition) is 0. The molecule has 1 aromatic carbocycles. The monoisotopic (exact) mass is 691 g/mol. The van der Waals surface area contributed by atoms with Crippen LogP contribution in [0, 0.1) is 12.5 Å². The third-order valence-corrected chi connectivity index (χ3v) is 9.89. The molecule has 0 aliphatic carbocycles. The van der Waals surface area contributed by atoms with E-state index in [9.17, 15) is 27.9 Å². The molecule has 3 aromatic rings. The van der Waals surface area contributed by atoms with E-state index in [4.69, 9.17) is 6.57 Å². The number of carboxylic acids is 1. The minimum atomic E-state index is -4.63. The van der Waals surface area contributed by atoms with Crippen LogP contribution in [0.2, 0.25) is 0 Å². The summed E-state index contributed by atoms with van der Waals surface area (Å²) in [5.74, 6) is -0.381. The molecular formula is C33H37F3N7NaO3S. The summed E-state index contributed by atoms with van der Waals surface area (Å²) >= 11 is 1.30. The van der Waals surface area contributed by atoms with Crippen molar-refractivity contribution in [2.75, 3.05) is 37.6 Å². The van der Waals surface area contributed by atoms with Crippen molar-refractivity contribution >= 4 is 34.6 Å². The zero-order valence-corrected chi connectivity index (χ0v) is 30.4. The van der Waals surface area contributed by atoms with Crippen LogP contribution in [0.4, 0.5) is 24.7 Å². The Morgan fingerprint density at radius 3 is 2.52 bits per heavy atom. The number of halogens is 3. The fourth-order valence-corrected chi connectivity index (χ4v) is 7.51. The maximum Gasteiger partial charge on any atom is 1.00 e. The quantitative estimate of drug-likeness (QED) is 0.169. The topological polar surface area (TPSA) is 110 Å². The van der Waals surface area contributed by atoms with Gasteiger partial charge in [0, 0.05) is 61.2 Å². The number of rotatable bonds is 11. The maximum atomic E-state index is 13.8. The van der Waals surface area contributed by atoms with Gasteiger partial charge in [-0.15, -0.1) is 11.3 Å². The predicted molar refractivity (Wildman–Crippen MR) is 170 cm³/mol. The summed E-state index contributed by atoms with van der Waals surface area (Å²) in [5.41, 5.74) is -0.327. The van der Waals surface area contributed by atoms with Crippen molar-refractivity contribution in [2.45, 2.75) is 71.3 Å². The number of anilines is 1. The number of benzene rings is 1. The minimum Gasteiger partial charge on any atom is -0.550 e. The Bertz CT molecular complexity index is 1640. The molecule has 0 unspecified atom stereocenters. The first-order valence-corrected chi connectivity index (χ1v) is 16.5. The molecule has 4 heterocycles. The Morgan fingerprint density at radius 1 is 1.12 bits per heavy atom. The number of Topliss-reactive ketones (excluding diaryl/α,β-unsaturated/α-hetero) is 1. The molecule has 2 aliphatic rings. The number of ketones is 1. The third-order valence-electron chi connectivity index (χ3n) is 8.85. The first-order valence-electron chi connectivity index (χ1n) is 15.7. The summed E-state index contributed by atoms with van der Waals surface area (Å²) in [4.78, 5) is 48.2. The van der Waals surface area contributed by atoms with Crippen LogP contribution in [0.5, 0.6) is 0 Å². The molecule has 0 spiro atoms. The van der Waals surface area contributed by atoms with Crippen molar-refractivity contribution in [3.8, 4) is 11.3 Å². The van der Waals surface area contributed by atoms with Crippen LogP contribution in [-0.4, -0.2) is 81.3 Å². The zero-order chi connectivity index (χ0) is 33.9. The normalized spacial score (nSPS) is 18.9. The summed E-state index contributed by atoms with van der Waals surface area (Å²) in [6.07, 6.45) is 0.282. The maximum absolute atomic E-state index is 13.8. The largest absolute Gasteiger partial charge is 1.00 e. The van der Waals surface area contributed by atoms with Gasteiger partial charge < -0.3 is 14.8 Å². The van der Waals surface area contributed by atoms with Gasteiger partial charge in [0.15, 0.2) is 11.5 Å². The molecule has 10 nitrogen and oxygen atoms in total. The van der Waals surface area contributed by atoms with E-state index in [2.05, 4.69) is 43.4 Å². The number of aliphatic carboxylic acids is 1. The smallest absolute Gasteiger partial charge is 0.550 e. The first-order chi connectivity index (χ1) is 22.3. The van der Waals surface area contributed by atoms with Crippen molar-refractivity contribution in [3.63, 3.8) is 0 Å². The van der Waals surface area contributed by atoms with Crippen molar-refractivity contribution in [1.29, 1.82) is 0 Å². The average molecular weight is 692 g/mol. The van der Waals surface area contributed by atoms with Crippen molar-refractivity contribution in [3.05, 3.63) is 63.2 Å². The molecule has 0 saturated carbocycles. The molecular weight excluding hydrogens is 654 g/mol. The summed E-state index contributed by atoms with van der Waals surface area (Å²) in [7, 11) is 0. The second kappa shape index (κ2) is 16.2. The van der Waals surface area contributed by atoms with Crippen molar-refractivity contribution in [2.24, 2.45) is 5.92 Å². The van der Waals surface area contributed by atoms with Gasteiger partial charge in [-0.3, -0.25) is 14.6 Å². The van der Waals surface area contributed by atoms with Crippen LogP contribution >= 0.6 is 11.3 Å². The Morgan fingerprint density at radius 2 is 1.90 bits per heavy atom. The van der Waals surface area contributed by atoms with Crippen molar-refractivity contribution < 1.29 is 57.4 Å². The number of nitrogens with zero attached hydrogens (tertiary/aromatic N) is 7. The van der Waals surface area contributed by atoms with Crippen LogP contribution in [0.3, 0.4) is 0 Å². The number of hydrogen-bond acceptors (Lipinski definition) is 10. The van der Waals surface area contributed by atoms with Gasteiger partial charge in [-0.1, -0.05) is 13.8 Å². The van der Waals surface area contributed by atoms with E-state index in [0.29, 0.717) is 61.2 Å². The predicted octanol–water partition coefficient (Wildman–Crippen LogP) is 1.87. The number of likely N-dealkylation sites (tertiary alicyclic amines) is 1.